The molecule has 1 heterocycles. The summed E-state index contributed by atoms with van der Waals surface area (Å²) in [7, 11) is 0. The van der Waals surface area contributed by atoms with Crippen molar-refractivity contribution in [1.29, 1.82) is 0 Å². The molecule has 1 aromatic heterocycles. The van der Waals surface area contributed by atoms with E-state index in [1.807, 2.05) is 0 Å². The van der Waals surface area contributed by atoms with Crippen molar-refractivity contribution in [2.24, 2.45) is 0 Å². The topological polar surface area (TPSA) is 96.2 Å². The fourth-order valence-corrected chi connectivity index (χ4v) is 2.63. The van der Waals surface area contributed by atoms with Gasteiger partial charge in [-0.25, -0.2) is 4.79 Å². The normalized spacial score (nSPS) is 10.8. The summed E-state index contributed by atoms with van der Waals surface area (Å²) in [6, 6.07) is 10.9. The minimum absolute atomic E-state index is 0.0522. The van der Waals surface area contributed by atoms with Crippen molar-refractivity contribution in [2.45, 2.75) is 0 Å². The molecule has 0 spiro atoms. The first-order valence-corrected chi connectivity index (χ1v) is 6.65. The van der Waals surface area contributed by atoms with E-state index in [9.17, 15) is 20.0 Å². The van der Waals surface area contributed by atoms with Gasteiger partial charge in [0.15, 0.2) is 0 Å². The van der Waals surface area contributed by atoms with E-state index in [2.05, 4.69) is 4.98 Å². The zero-order chi connectivity index (χ0) is 15.9. The van der Waals surface area contributed by atoms with Gasteiger partial charge in [-0.2, -0.15) is 0 Å². The zero-order valence-corrected chi connectivity index (χ0v) is 11.8. The molecule has 22 heavy (non-hydrogen) atoms. The number of nitrogens with zero attached hydrogens (tertiary/aromatic N) is 1. The van der Waals surface area contributed by atoms with Gasteiger partial charge in [-0.1, -0.05) is 29.8 Å². The summed E-state index contributed by atoms with van der Waals surface area (Å²) < 4.78 is 0. The first-order valence-electron chi connectivity index (χ1n) is 6.27. The fraction of sp³-hybridized carbons (Fsp3) is 0. The number of halogens is 1. The largest absolute Gasteiger partial charge is 0.477 e. The number of aromatic carboxylic acids is 1. The molecule has 0 fully saturated rings. The lowest BCUT2D eigenvalue weighted by Gasteiger charge is -2.04. The molecule has 0 aliphatic carbocycles. The molecule has 0 atom stereocenters. The number of fused-ring (bicyclic) bond motifs is 1. The van der Waals surface area contributed by atoms with E-state index in [1.165, 1.54) is 18.2 Å². The molecule has 0 bridgehead atoms. The Morgan fingerprint density at radius 2 is 1.95 bits per heavy atom. The summed E-state index contributed by atoms with van der Waals surface area (Å²) in [5.74, 6) is -1.16. The van der Waals surface area contributed by atoms with Gasteiger partial charge in [0.1, 0.15) is 5.69 Å². The van der Waals surface area contributed by atoms with Crippen LogP contribution in [0, 0.1) is 10.1 Å². The SMILES string of the molecule is O=C(O)c1[nH]c2ccc([N+](=O)[O-])cc2c1-c1ccccc1Cl. The van der Waals surface area contributed by atoms with Crippen LogP contribution in [-0.4, -0.2) is 21.0 Å². The van der Waals surface area contributed by atoms with Crippen LogP contribution in [0.1, 0.15) is 10.5 Å². The molecule has 110 valence electrons. The third kappa shape index (κ3) is 2.19. The van der Waals surface area contributed by atoms with Crippen LogP contribution in [0.5, 0.6) is 0 Å². The Balaban J connectivity index is 2.41. The molecule has 0 amide bonds. The number of aromatic nitrogens is 1. The van der Waals surface area contributed by atoms with Crippen molar-refractivity contribution in [3.05, 3.63) is 63.3 Å². The van der Waals surface area contributed by atoms with Gasteiger partial charge in [-0.15, -0.1) is 0 Å². The third-order valence-electron chi connectivity index (χ3n) is 3.35. The smallest absolute Gasteiger partial charge is 0.352 e. The van der Waals surface area contributed by atoms with Gasteiger partial charge in [-0.05, 0) is 12.1 Å². The van der Waals surface area contributed by atoms with Crippen molar-refractivity contribution in [3.63, 3.8) is 0 Å². The molecule has 0 radical (unpaired) electrons. The maximum atomic E-state index is 11.5. The van der Waals surface area contributed by atoms with Crippen LogP contribution in [0.15, 0.2) is 42.5 Å². The Labute approximate surface area is 129 Å². The van der Waals surface area contributed by atoms with Crippen LogP contribution in [0.25, 0.3) is 22.0 Å². The van der Waals surface area contributed by atoms with E-state index < -0.39 is 10.9 Å². The summed E-state index contributed by atoms with van der Waals surface area (Å²) in [5, 5.41) is 21.2. The highest BCUT2D eigenvalue weighted by atomic mass is 35.5. The van der Waals surface area contributed by atoms with Gasteiger partial charge < -0.3 is 10.1 Å². The average Bonchev–Trinajstić information content (AvgIpc) is 2.86. The third-order valence-corrected chi connectivity index (χ3v) is 3.68. The molecule has 7 heteroatoms. The molecule has 0 aliphatic rings. The van der Waals surface area contributed by atoms with E-state index in [4.69, 9.17) is 11.6 Å². The molecule has 2 N–H and O–H groups in total. The van der Waals surface area contributed by atoms with Crippen LogP contribution in [0.2, 0.25) is 5.02 Å². The van der Waals surface area contributed by atoms with Crippen LogP contribution in [0.3, 0.4) is 0 Å². The van der Waals surface area contributed by atoms with Gasteiger partial charge in [0.25, 0.3) is 5.69 Å². The van der Waals surface area contributed by atoms with Gasteiger partial charge >= 0.3 is 5.97 Å². The second-order valence-corrected chi connectivity index (χ2v) is 5.05. The Morgan fingerprint density at radius 3 is 2.59 bits per heavy atom. The van der Waals surface area contributed by atoms with Crippen LogP contribution in [-0.2, 0) is 0 Å². The van der Waals surface area contributed by atoms with E-state index in [-0.39, 0.29) is 11.4 Å². The highest BCUT2D eigenvalue weighted by molar-refractivity contribution is 6.34. The first kappa shape index (κ1) is 14.1. The van der Waals surface area contributed by atoms with Gasteiger partial charge in [-0.3, -0.25) is 10.1 Å². The summed E-state index contributed by atoms with van der Waals surface area (Å²) in [6.45, 7) is 0. The lowest BCUT2D eigenvalue weighted by Crippen LogP contribution is -1.98. The quantitative estimate of drug-likeness (QED) is 0.561. The highest BCUT2D eigenvalue weighted by Gasteiger charge is 2.21. The number of hydrogen-bond acceptors (Lipinski definition) is 3. The van der Waals surface area contributed by atoms with Crippen molar-refractivity contribution >= 4 is 34.2 Å². The molecule has 3 rings (SSSR count). The maximum absolute atomic E-state index is 11.5. The number of carbonyl (C=O) groups is 1. The summed E-state index contributed by atoms with van der Waals surface area (Å²) >= 11 is 6.15. The van der Waals surface area contributed by atoms with Crippen molar-refractivity contribution in [2.75, 3.05) is 0 Å². The summed E-state index contributed by atoms with van der Waals surface area (Å²) in [4.78, 5) is 24.7. The number of non-ortho nitro benzene ring substituents is 1. The van der Waals surface area contributed by atoms with Gasteiger partial charge in [0, 0.05) is 39.2 Å². The Bertz CT molecular complexity index is 917. The number of carboxylic acids is 1. The second-order valence-electron chi connectivity index (χ2n) is 4.65. The number of hydrogen-bond donors (Lipinski definition) is 2. The zero-order valence-electron chi connectivity index (χ0n) is 11.0. The highest BCUT2D eigenvalue weighted by Crippen LogP contribution is 2.37. The van der Waals surface area contributed by atoms with Crippen molar-refractivity contribution < 1.29 is 14.8 Å². The standard InChI is InChI=1S/C15H9ClN2O4/c16-11-4-2-1-3-9(11)13-10-7-8(18(21)22)5-6-12(10)17-14(13)15(19)20/h1-7,17H,(H,19,20). The van der Waals surface area contributed by atoms with E-state index in [0.717, 1.165) is 0 Å². The molecule has 3 aromatic rings. The van der Waals surface area contributed by atoms with Crippen molar-refractivity contribution in [3.8, 4) is 11.1 Å². The molecule has 6 nitrogen and oxygen atoms in total. The first-order chi connectivity index (χ1) is 10.5. The monoisotopic (exact) mass is 316 g/mol. The molecule has 0 saturated carbocycles. The van der Waals surface area contributed by atoms with Crippen LogP contribution < -0.4 is 0 Å². The number of benzene rings is 2. The van der Waals surface area contributed by atoms with Crippen molar-refractivity contribution in [1.82, 2.24) is 4.98 Å². The molecule has 2 aromatic carbocycles. The van der Waals surface area contributed by atoms with E-state index in [1.54, 1.807) is 24.3 Å². The number of nitro benzene ring substituents is 1. The number of nitro groups is 1. The van der Waals surface area contributed by atoms with E-state index >= 15 is 0 Å². The predicted molar refractivity (Wildman–Crippen MR) is 82.4 cm³/mol. The van der Waals surface area contributed by atoms with Crippen LogP contribution >= 0.6 is 11.6 Å². The molecule has 0 saturated heterocycles. The van der Waals surface area contributed by atoms with Crippen LogP contribution in [0.4, 0.5) is 5.69 Å². The fourth-order valence-electron chi connectivity index (χ4n) is 2.40. The lowest BCUT2D eigenvalue weighted by molar-refractivity contribution is -0.384. The molecular weight excluding hydrogens is 308 g/mol. The Kier molecular flexibility index (Phi) is 3.30. The lowest BCUT2D eigenvalue weighted by atomic mass is 10.0. The number of H-pyrrole nitrogens is 1. The number of aromatic amines is 1. The molecule has 0 aliphatic heterocycles. The molecular formula is C15H9ClN2O4. The number of rotatable bonds is 3. The number of carboxylic acid groups (broad SMARTS) is 1. The minimum atomic E-state index is -1.16. The second kappa shape index (κ2) is 5.16. The van der Waals surface area contributed by atoms with Gasteiger partial charge in [0.2, 0.25) is 0 Å². The predicted octanol–water partition coefficient (Wildman–Crippen LogP) is 4.09. The number of nitrogens with one attached hydrogen (secondary N) is 1. The Morgan fingerprint density at radius 1 is 1.23 bits per heavy atom. The van der Waals surface area contributed by atoms with E-state index in [0.29, 0.717) is 27.1 Å². The summed E-state index contributed by atoms with van der Waals surface area (Å²) in [5.41, 5.74) is 1.18. The van der Waals surface area contributed by atoms with Gasteiger partial charge in [0.05, 0.1) is 4.92 Å². The Hall–Kier alpha value is -2.86. The maximum Gasteiger partial charge on any atom is 0.352 e. The summed E-state index contributed by atoms with van der Waals surface area (Å²) in [6.07, 6.45) is 0. The average molecular weight is 317 g/mol. The molecule has 0 unspecified atom stereocenters. The minimum Gasteiger partial charge on any atom is -0.477 e.